The summed E-state index contributed by atoms with van der Waals surface area (Å²) in [5.41, 5.74) is 9.33. The first-order valence-electron chi connectivity index (χ1n) is 8.14. The normalized spacial score (nSPS) is 30.9. The van der Waals surface area contributed by atoms with Crippen molar-refractivity contribution in [1.29, 1.82) is 0 Å². The van der Waals surface area contributed by atoms with Gasteiger partial charge in [0.15, 0.2) is 0 Å². The predicted molar refractivity (Wildman–Crippen MR) is 82.7 cm³/mol. The average molecular weight is 321 g/mol. The molecule has 1 saturated heterocycles. The Morgan fingerprint density at radius 3 is 2.96 bits per heavy atom. The maximum Gasteiger partial charge on any atom is 0.129 e. The van der Waals surface area contributed by atoms with Gasteiger partial charge in [0.1, 0.15) is 17.7 Å². The number of nitrogens with one attached hydrogen (secondary N) is 1. The molecule has 1 aromatic rings. The van der Waals surface area contributed by atoms with Gasteiger partial charge < -0.3 is 20.7 Å². The average Bonchev–Trinajstić information content (AvgIpc) is 3.13. The quantitative estimate of drug-likeness (QED) is 0.870. The number of halogens is 2. The molecule has 3 aliphatic heterocycles. The van der Waals surface area contributed by atoms with Crippen molar-refractivity contribution in [2.75, 3.05) is 26.2 Å². The minimum absolute atomic E-state index is 0.213. The summed E-state index contributed by atoms with van der Waals surface area (Å²) < 4.78 is 33.3. The molecule has 0 amide bonds. The number of nitrogens with two attached hydrogens (primary N) is 1. The number of benzene rings is 1. The van der Waals surface area contributed by atoms with Gasteiger partial charge in [-0.3, -0.25) is 0 Å². The van der Waals surface area contributed by atoms with Crippen LogP contribution in [0.1, 0.15) is 24.5 Å². The van der Waals surface area contributed by atoms with Crippen LogP contribution in [-0.4, -0.2) is 43.2 Å². The first-order chi connectivity index (χ1) is 11.1. The van der Waals surface area contributed by atoms with E-state index in [2.05, 4.69) is 10.2 Å². The van der Waals surface area contributed by atoms with E-state index in [9.17, 15) is 8.78 Å². The Labute approximate surface area is 134 Å². The molecule has 2 unspecified atom stereocenters. The van der Waals surface area contributed by atoms with Crippen LogP contribution in [0.3, 0.4) is 0 Å². The lowest BCUT2D eigenvalue weighted by Crippen LogP contribution is -2.48. The van der Waals surface area contributed by atoms with Crippen molar-refractivity contribution in [3.63, 3.8) is 0 Å². The zero-order valence-electron chi connectivity index (χ0n) is 12.9. The predicted octanol–water partition coefficient (Wildman–Crippen LogP) is 1.69. The van der Waals surface area contributed by atoms with Crippen molar-refractivity contribution < 1.29 is 13.5 Å². The van der Waals surface area contributed by atoms with Crippen LogP contribution in [0.2, 0.25) is 0 Å². The first kappa shape index (κ1) is 15.1. The molecule has 124 valence electrons. The Bertz CT molecular complexity index is 649. The van der Waals surface area contributed by atoms with E-state index in [1.807, 2.05) is 0 Å². The summed E-state index contributed by atoms with van der Waals surface area (Å²) in [6.45, 7) is 3.38. The van der Waals surface area contributed by atoms with E-state index in [-0.39, 0.29) is 17.6 Å². The molecular weight excluding hydrogens is 300 g/mol. The van der Waals surface area contributed by atoms with Crippen LogP contribution in [-0.2, 0) is 4.74 Å². The van der Waals surface area contributed by atoms with Gasteiger partial charge in [-0.2, -0.15) is 0 Å². The summed E-state index contributed by atoms with van der Waals surface area (Å²) >= 11 is 0. The summed E-state index contributed by atoms with van der Waals surface area (Å²) in [6.07, 6.45) is 1.23. The number of rotatable bonds is 2. The molecule has 0 aromatic heterocycles. The van der Waals surface area contributed by atoms with Crippen LogP contribution in [0.15, 0.2) is 29.5 Å². The van der Waals surface area contributed by atoms with E-state index in [1.165, 1.54) is 17.3 Å². The fourth-order valence-corrected chi connectivity index (χ4v) is 4.00. The highest BCUT2D eigenvalue weighted by Crippen LogP contribution is 2.35. The van der Waals surface area contributed by atoms with Crippen LogP contribution in [0.25, 0.3) is 0 Å². The van der Waals surface area contributed by atoms with E-state index in [4.69, 9.17) is 10.5 Å². The van der Waals surface area contributed by atoms with Gasteiger partial charge >= 0.3 is 0 Å². The molecule has 6 heteroatoms. The van der Waals surface area contributed by atoms with Crippen LogP contribution in [0.4, 0.5) is 8.78 Å². The third kappa shape index (κ3) is 2.65. The Balaban J connectivity index is 1.49. The van der Waals surface area contributed by atoms with Crippen LogP contribution >= 0.6 is 0 Å². The largest absolute Gasteiger partial charge is 0.370 e. The molecule has 3 heterocycles. The topological polar surface area (TPSA) is 50.5 Å². The number of hydrogen-bond donors (Lipinski definition) is 2. The molecule has 0 bridgehead atoms. The summed E-state index contributed by atoms with van der Waals surface area (Å²) in [7, 11) is 0. The van der Waals surface area contributed by atoms with Crippen molar-refractivity contribution in [2.24, 2.45) is 5.73 Å². The van der Waals surface area contributed by atoms with Gasteiger partial charge in [0.25, 0.3) is 0 Å². The van der Waals surface area contributed by atoms with Crippen LogP contribution in [0, 0.1) is 11.6 Å². The van der Waals surface area contributed by atoms with Gasteiger partial charge in [-0.15, -0.1) is 0 Å². The third-order valence-electron chi connectivity index (χ3n) is 5.15. The van der Waals surface area contributed by atoms with Crippen molar-refractivity contribution in [3.8, 4) is 0 Å². The third-order valence-corrected chi connectivity index (χ3v) is 5.15. The molecule has 0 radical (unpaired) electrons. The van der Waals surface area contributed by atoms with Crippen LogP contribution in [0.5, 0.6) is 0 Å². The maximum atomic E-state index is 14.0. The standard InChI is InChI=1S/C17H21F2N3O/c18-11-1-2-14(19)13(5-11)17-15(20)6-12(9-23-17)22-4-3-10-7-21-8-16(10)22/h1-2,5,12,15,17,21H,3-4,6-9,20H2/t12?,15?,17-/m1/s1. The van der Waals surface area contributed by atoms with Gasteiger partial charge in [0, 0.05) is 36.9 Å². The Kier molecular flexibility index (Phi) is 3.83. The molecule has 1 fully saturated rings. The maximum absolute atomic E-state index is 14.0. The Morgan fingerprint density at radius 1 is 1.26 bits per heavy atom. The van der Waals surface area contributed by atoms with Gasteiger partial charge in [-0.1, -0.05) is 0 Å². The second kappa shape index (κ2) is 5.85. The van der Waals surface area contributed by atoms with Crippen molar-refractivity contribution >= 4 is 0 Å². The monoisotopic (exact) mass is 321 g/mol. The van der Waals surface area contributed by atoms with Crippen molar-refractivity contribution in [3.05, 3.63) is 46.7 Å². The molecule has 3 atom stereocenters. The van der Waals surface area contributed by atoms with Gasteiger partial charge in [-0.05, 0) is 36.6 Å². The Hall–Kier alpha value is -1.50. The van der Waals surface area contributed by atoms with Gasteiger partial charge in [0.2, 0.25) is 0 Å². The minimum atomic E-state index is -0.584. The molecule has 4 nitrogen and oxygen atoms in total. The number of ether oxygens (including phenoxy) is 1. The SMILES string of the molecule is NC1CC(N2CCC3=C2CNC3)CO[C@@H]1c1cc(F)ccc1F. The lowest BCUT2D eigenvalue weighted by Gasteiger charge is -2.40. The molecule has 3 aliphatic rings. The summed E-state index contributed by atoms with van der Waals surface area (Å²) in [6, 6.07) is 3.31. The zero-order valence-corrected chi connectivity index (χ0v) is 12.9. The van der Waals surface area contributed by atoms with E-state index in [1.54, 1.807) is 0 Å². The number of nitrogens with zero attached hydrogens (tertiary/aromatic N) is 1. The highest BCUT2D eigenvalue weighted by molar-refractivity contribution is 5.28. The Morgan fingerprint density at radius 2 is 2.13 bits per heavy atom. The molecule has 0 aliphatic carbocycles. The molecule has 1 aromatic carbocycles. The highest BCUT2D eigenvalue weighted by atomic mass is 19.1. The molecule has 23 heavy (non-hydrogen) atoms. The molecule has 4 rings (SSSR count). The fraction of sp³-hybridized carbons (Fsp3) is 0.529. The summed E-state index contributed by atoms with van der Waals surface area (Å²) in [4.78, 5) is 2.38. The molecular formula is C17H21F2N3O. The van der Waals surface area contributed by atoms with E-state index in [0.717, 1.165) is 44.6 Å². The minimum Gasteiger partial charge on any atom is -0.370 e. The van der Waals surface area contributed by atoms with E-state index < -0.39 is 17.7 Å². The smallest absolute Gasteiger partial charge is 0.129 e. The first-order valence-corrected chi connectivity index (χ1v) is 8.14. The van der Waals surface area contributed by atoms with Crippen molar-refractivity contribution in [2.45, 2.75) is 31.0 Å². The summed E-state index contributed by atoms with van der Waals surface area (Å²) in [5, 5.41) is 3.37. The second-order valence-electron chi connectivity index (χ2n) is 6.57. The highest BCUT2D eigenvalue weighted by Gasteiger charge is 2.38. The van der Waals surface area contributed by atoms with Gasteiger partial charge in [-0.25, -0.2) is 8.78 Å². The van der Waals surface area contributed by atoms with Crippen molar-refractivity contribution in [1.82, 2.24) is 10.2 Å². The van der Waals surface area contributed by atoms with Gasteiger partial charge in [0.05, 0.1) is 12.6 Å². The van der Waals surface area contributed by atoms with E-state index in [0.29, 0.717) is 6.61 Å². The number of hydrogen-bond acceptors (Lipinski definition) is 4. The lowest BCUT2D eigenvalue weighted by molar-refractivity contribution is -0.0430. The lowest BCUT2D eigenvalue weighted by atomic mass is 9.93. The molecule has 0 spiro atoms. The molecule has 0 saturated carbocycles. The van der Waals surface area contributed by atoms with Crippen LogP contribution < -0.4 is 11.1 Å². The zero-order chi connectivity index (χ0) is 16.0. The molecule has 3 N–H and O–H groups in total. The second-order valence-corrected chi connectivity index (χ2v) is 6.57. The fourth-order valence-electron chi connectivity index (χ4n) is 4.00. The summed E-state index contributed by atoms with van der Waals surface area (Å²) in [5.74, 6) is -0.929. The van der Waals surface area contributed by atoms with E-state index >= 15 is 0 Å².